The quantitative estimate of drug-likeness (QED) is 0.790. The molecule has 2 rings (SSSR count). The summed E-state index contributed by atoms with van der Waals surface area (Å²) < 4.78 is 4.86. The van der Waals surface area contributed by atoms with Crippen molar-refractivity contribution in [3.05, 3.63) is 28.7 Å². The lowest BCUT2D eigenvalue weighted by molar-refractivity contribution is -0.130. The van der Waals surface area contributed by atoms with Crippen LogP contribution in [0.2, 0.25) is 0 Å². The highest BCUT2D eigenvalue weighted by Crippen LogP contribution is 2.16. The summed E-state index contributed by atoms with van der Waals surface area (Å²) in [6.45, 7) is 5.19. The van der Waals surface area contributed by atoms with Crippen molar-refractivity contribution >= 4 is 28.6 Å². The van der Waals surface area contributed by atoms with E-state index < -0.39 is 11.2 Å². The molecule has 0 saturated heterocycles. The molecule has 0 aliphatic heterocycles. The van der Waals surface area contributed by atoms with Crippen LogP contribution in [0.1, 0.15) is 20.8 Å². The molecule has 112 valence electrons. The maximum atomic E-state index is 11.8. The molecule has 2 amide bonds. The highest BCUT2D eigenvalue weighted by Gasteiger charge is 2.21. The van der Waals surface area contributed by atoms with Gasteiger partial charge >= 0.3 is 5.76 Å². The molecule has 1 heterocycles. The summed E-state index contributed by atoms with van der Waals surface area (Å²) in [5.74, 6) is -1.10. The summed E-state index contributed by atoms with van der Waals surface area (Å²) in [5.41, 5.74) is 0.875. The molecule has 0 saturated carbocycles. The molecule has 0 bridgehead atoms. The Morgan fingerprint density at radius 3 is 2.67 bits per heavy atom. The molecule has 2 aromatic rings. The number of amides is 2. The molecule has 3 N–H and O–H groups in total. The molecule has 0 radical (unpaired) electrons. The van der Waals surface area contributed by atoms with Gasteiger partial charge in [-0.25, -0.2) is 4.79 Å². The summed E-state index contributed by atoms with van der Waals surface area (Å²) in [6, 6.07) is 4.78. The van der Waals surface area contributed by atoms with Crippen LogP contribution in [0.3, 0.4) is 0 Å². The number of H-pyrrole nitrogens is 1. The largest absolute Gasteiger partial charge is 0.417 e. The molecule has 7 heteroatoms. The Morgan fingerprint density at radius 2 is 2.00 bits per heavy atom. The number of hydrogen-bond acceptors (Lipinski definition) is 4. The van der Waals surface area contributed by atoms with E-state index in [9.17, 15) is 14.4 Å². The number of carbonyl (C=O) groups is 2. The van der Waals surface area contributed by atoms with Crippen LogP contribution in [-0.4, -0.2) is 23.3 Å². The van der Waals surface area contributed by atoms with Crippen molar-refractivity contribution in [1.29, 1.82) is 0 Å². The maximum absolute atomic E-state index is 11.8. The number of fused-ring (bicyclic) bond motifs is 1. The number of oxazole rings is 1. The van der Waals surface area contributed by atoms with Gasteiger partial charge < -0.3 is 15.1 Å². The second-order valence-corrected chi connectivity index (χ2v) is 5.71. The number of aromatic nitrogens is 1. The van der Waals surface area contributed by atoms with Crippen LogP contribution < -0.4 is 16.4 Å². The molecule has 0 atom stereocenters. The van der Waals surface area contributed by atoms with Gasteiger partial charge in [-0.15, -0.1) is 0 Å². The SMILES string of the molecule is CC(C)(C)C(=O)NCC(=O)Nc1ccc2oc(=O)[nH]c2c1. The lowest BCUT2D eigenvalue weighted by atomic mass is 9.96. The first kappa shape index (κ1) is 14.8. The minimum atomic E-state index is -0.550. The van der Waals surface area contributed by atoms with Gasteiger partial charge in [0.05, 0.1) is 12.1 Å². The van der Waals surface area contributed by atoms with E-state index in [-0.39, 0.29) is 18.4 Å². The van der Waals surface area contributed by atoms with Gasteiger partial charge in [0.25, 0.3) is 0 Å². The Labute approximate surface area is 120 Å². The van der Waals surface area contributed by atoms with Crippen LogP contribution in [0.15, 0.2) is 27.4 Å². The van der Waals surface area contributed by atoms with E-state index in [0.29, 0.717) is 16.8 Å². The molecular weight excluding hydrogens is 274 g/mol. The fraction of sp³-hybridized carbons (Fsp3) is 0.357. The van der Waals surface area contributed by atoms with Gasteiger partial charge in [0.1, 0.15) is 0 Å². The summed E-state index contributed by atoms with van der Waals surface area (Å²) in [4.78, 5) is 37.0. The zero-order valence-electron chi connectivity index (χ0n) is 12.1. The second-order valence-electron chi connectivity index (χ2n) is 5.71. The van der Waals surface area contributed by atoms with Gasteiger partial charge in [-0.1, -0.05) is 20.8 Å². The number of nitrogens with one attached hydrogen (secondary N) is 3. The normalized spacial score (nSPS) is 11.4. The van der Waals surface area contributed by atoms with E-state index in [1.165, 1.54) is 0 Å². The summed E-state index contributed by atoms with van der Waals surface area (Å²) in [7, 11) is 0. The van der Waals surface area contributed by atoms with Crippen molar-refractivity contribution in [1.82, 2.24) is 10.3 Å². The number of carbonyl (C=O) groups excluding carboxylic acids is 2. The molecule has 1 aromatic carbocycles. The Morgan fingerprint density at radius 1 is 1.29 bits per heavy atom. The Balaban J connectivity index is 1.98. The lowest BCUT2D eigenvalue weighted by Crippen LogP contribution is -2.39. The molecule has 0 aliphatic carbocycles. The van der Waals surface area contributed by atoms with Crippen LogP contribution in [0.5, 0.6) is 0 Å². The molecular formula is C14H17N3O4. The van der Waals surface area contributed by atoms with Crippen LogP contribution in [0.4, 0.5) is 5.69 Å². The molecule has 0 spiro atoms. The van der Waals surface area contributed by atoms with E-state index in [4.69, 9.17) is 4.42 Å². The average molecular weight is 291 g/mol. The Kier molecular flexibility index (Phi) is 3.84. The topological polar surface area (TPSA) is 104 Å². The Hall–Kier alpha value is -2.57. The number of hydrogen-bond donors (Lipinski definition) is 3. The molecule has 0 aliphatic rings. The summed E-state index contributed by atoms with van der Waals surface area (Å²) in [5, 5.41) is 5.19. The van der Waals surface area contributed by atoms with Gasteiger partial charge in [0.2, 0.25) is 11.8 Å². The zero-order chi connectivity index (χ0) is 15.6. The monoisotopic (exact) mass is 291 g/mol. The fourth-order valence-electron chi connectivity index (χ4n) is 1.66. The minimum absolute atomic E-state index is 0.115. The number of anilines is 1. The smallest absolute Gasteiger partial charge is 0.408 e. The molecule has 0 unspecified atom stereocenters. The zero-order valence-corrected chi connectivity index (χ0v) is 12.1. The predicted octanol–water partition coefficient (Wildman–Crippen LogP) is 1.22. The van der Waals surface area contributed by atoms with Crippen LogP contribution >= 0.6 is 0 Å². The number of aromatic amines is 1. The minimum Gasteiger partial charge on any atom is -0.408 e. The Bertz CT molecular complexity index is 736. The summed E-state index contributed by atoms with van der Waals surface area (Å²) >= 11 is 0. The lowest BCUT2D eigenvalue weighted by Gasteiger charge is -2.17. The van der Waals surface area contributed by atoms with Gasteiger partial charge in [-0.2, -0.15) is 0 Å². The average Bonchev–Trinajstić information content (AvgIpc) is 2.74. The third kappa shape index (κ3) is 3.71. The number of rotatable bonds is 3. The first-order valence-corrected chi connectivity index (χ1v) is 6.47. The van der Waals surface area contributed by atoms with Crippen molar-refractivity contribution in [3.8, 4) is 0 Å². The number of benzene rings is 1. The molecule has 7 nitrogen and oxygen atoms in total. The van der Waals surface area contributed by atoms with E-state index in [1.807, 2.05) is 0 Å². The van der Waals surface area contributed by atoms with Crippen molar-refractivity contribution in [2.45, 2.75) is 20.8 Å². The standard InChI is InChI=1S/C14H17N3O4/c1-14(2,3)12(19)15-7-11(18)16-8-4-5-10-9(6-8)17-13(20)21-10/h4-6H,7H2,1-3H3,(H,15,19)(H,16,18)(H,17,20). The van der Waals surface area contributed by atoms with E-state index in [1.54, 1.807) is 39.0 Å². The van der Waals surface area contributed by atoms with Crippen molar-refractivity contribution in [3.63, 3.8) is 0 Å². The van der Waals surface area contributed by atoms with Gasteiger partial charge in [0, 0.05) is 11.1 Å². The predicted molar refractivity (Wildman–Crippen MR) is 77.9 cm³/mol. The van der Waals surface area contributed by atoms with Crippen LogP contribution in [0.25, 0.3) is 11.1 Å². The third-order valence-electron chi connectivity index (χ3n) is 2.79. The van der Waals surface area contributed by atoms with Crippen molar-refractivity contribution in [2.24, 2.45) is 5.41 Å². The second kappa shape index (κ2) is 5.43. The van der Waals surface area contributed by atoms with Crippen molar-refractivity contribution in [2.75, 3.05) is 11.9 Å². The molecule has 21 heavy (non-hydrogen) atoms. The van der Waals surface area contributed by atoms with Gasteiger partial charge in [0.15, 0.2) is 5.58 Å². The van der Waals surface area contributed by atoms with E-state index in [2.05, 4.69) is 15.6 Å². The fourth-order valence-corrected chi connectivity index (χ4v) is 1.66. The first-order chi connectivity index (χ1) is 9.75. The highest BCUT2D eigenvalue weighted by molar-refractivity contribution is 5.96. The first-order valence-electron chi connectivity index (χ1n) is 6.47. The molecule has 0 fully saturated rings. The van der Waals surface area contributed by atoms with Crippen LogP contribution in [0, 0.1) is 5.41 Å². The van der Waals surface area contributed by atoms with Crippen molar-refractivity contribution < 1.29 is 14.0 Å². The van der Waals surface area contributed by atoms with E-state index >= 15 is 0 Å². The van der Waals surface area contributed by atoms with E-state index in [0.717, 1.165) is 0 Å². The van der Waals surface area contributed by atoms with Crippen LogP contribution in [-0.2, 0) is 9.59 Å². The van der Waals surface area contributed by atoms with Gasteiger partial charge in [-0.3, -0.25) is 14.6 Å². The molecule has 1 aromatic heterocycles. The summed E-state index contributed by atoms with van der Waals surface area (Å²) in [6.07, 6.45) is 0. The van der Waals surface area contributed by atoms with Gasteiger partial charge in [-0.05, 0) is 18.2 Å². The maximum Gasteiger partial charge on any atom is 0.417 e. The highest BCUT2D eigenvalue weighted by atomic mass is 16.4. The third-order valence-corrected chi connectivity index (χ3v) is 2.79.